The zero-order valence-electron chi connectivity index (χ0n) is 14.1. The van der Waals surface area contributed by atoms with Crippen LogP contribution in [0.5, 0.6) is 0 Å². The first-order chi connectivity index (χ1) is 12.0. The molecular formula is C16H20F3NO5S. The number of halogens is 3. The van der Waals surface area contributed by atoms with E-state index in [4.69, 9.17) is 9.84 Å². The zero-order chi connectivity index (χ0) is 19.5. The molecule has 0 bridgehead atoms. The van der Waals surface area contributed by atoms with Crippen molar-refractivity contribution in [1.82, 2.24) is 4.31 Å². The number of carboxylic acids is 1. The van der Waals surface area contributed by atoms with Crippen LogP contribution < -0.4 is 0 Å². The molecule has 0 amide bonds. The molecule has 0 heterocycles. The summed E-state index contributed by atoms with van der Waals surface area (Å²) in [6.07, 6.45) is -2.75. The molecule has 1 aliphatic carbocycles. The van der Waals surface area contributed by atoms with Gasteiger partial charge in [0.2, 0.25) is 10.0 Å². The van der Waals surface area contributed by atoms with Crippen molar-refractivity contribution >= 4 is 16.0 Å². The second-order valence-electron chi connectivity index (χ2n) is 6.18. The molecular weight excluding hydrogens is 375 g/mol. The second kappa shape index (κ2) is 7.93. The third kappa shape index (κ3) is 4.95. The number of hydrogen-bond acceptors (Lipinski definition) is 4. The van der Waals surface area contributed by atoms with E-state index < -0.39 is 34.3 Å². The maximum Gasteiger partial charge on any atom is 0.416 e. The molecule has 0 radical (unpaired) electrons. The number of nitrogens with zero attached hydrogens (tertiary/aromatic N) is 1. The minimum absolute atomic E-state index is 0.197. The lowest BCUT2D eigenvalue weighted by Gasteiger charge is -2.33. The molecule has 2 rings (SSSR count). The fourth-order valence-corrected chi connectivity index (χ4v) is 4.36. The van der Waals surface area contributed by atoms with E-state index in [1.54, 1.807) is 0 Å². The number of sulfonamides is 1. The highest BCUT2D eigenvalue weighted by Gasteiger charge is 2.34. The van der Waals surface area contributed by atoms with Crippen LogP contribution in [0.1, 0.15) is 31.2 Å². The summed E-state index contributed by atoms with van der Waals surface area (Å²) < 4.78 is 69.5. The topological polar surface area (TPSA) is 83.9 Å². The third-order valence-electron chi connectivity index (χ3n) is 4.46. The van der Waals surface area contributed by atoms with Crippen LogP contribution in [-0.4, -0.2) is 49.6 Å². The van der Waals surface area contributed by atoms with Gasteiger partial charge < -0.3 is 9.84 Å². The summed E-state index contributed by atoms with van der Waals surface area (Å²) in [5, 5.41) is 8.60. The van der Waals surface area contributed by atoms with Gasteiger partial charge in [-0.1, -0.05) is 0 Å². The number of carboxylic acid groups (broad SMARTS) is 1. The number of aliphatic carboxylic acids is 1. The van der Waals surface area contributed by atoms with Gasteiger partial charge in [0.25, 0.3) is 0 Å². The number of hydrogen-bond donors (Lipinski definition) is 1. The van der Waals surface area contributed by atoms with E-state index in [0.717, 1.165) is 24.3 Å². The minimum Gasteiger partial charge on any atom is -0.480 e. The van der Waals surface area contributed by atoms with E-state index in [9.17, 15) is 26.4 Å². The number of ether oxygens (including phenoxy) is 1. The third-order valence-corrected chi connectivity index (χ3v) is 6.38. The molecule has 0 spiro atoms. The van der Waals surface area contributed by atoms with Crippen molar-refractivity contribution in [3.63, 3.8) is 0 Å². The van der Waals surface area contributed by atoms with Gasteiger partial charge in [0.05, 0.1) is 16.6 Å². The Kier molecular flexibility index (Phi) is 6.30. The van der Waals surface area contributed by atoms with Crippen molar-refractivity contribution < 1.29 is 36.2 Å². The molecule has 1 saturated carbocycles. The Morgan fingerprint density at radius 1 is 1.19 bits per heavy atom. The van der Waals surface area contributed by atoms with Crippen molar-refractivity contribution in [2.45, 2.75) is 48.9 Å². The normalized spacial score (nSPS) is 21.7. The van der Waals surface area contributed by atoms with Crippen LogP contribution in [0, 0.1) is 0 Å². The first-order valence-corrected chi connectivity index (χ1v) is 9.44. The van der Waals surface area contributed by atoms with Gasteiger partial charge in [-0.3, -0.25) is 0 Å². The standard InChI is InChI=1S/C16H20F3NO5S/c1-20(12-4-6-13(7-5-12)25-10-15(21)22)26(23,24)14-8-2-11(3-9-14)16(17,18)19/h2-3,8-9,12-13H,4-7,10H2,1H3,(H,21,22). The highest BCUT2D eigenvalue weighted by Crippen LogP contribution is 2.31. The maximum absolute atomic E-state index is 12.6. The number of alkyl halides is 3. The van der Waals surface area contributed by atoms with Crippen LogP contribution in [0.2, 0.25) is 0 Å². The maximum atomic E-state index is 12.6. The van der Waals surface area contributed by atoms with Crippen molar-refractivity contribution in [2.75, 3.05) is 13.7 Å². The number of rotatable bonds is 6. The van der Waals surface area contributed by atoms with Gasteiger partial charge in [0.15, 0.2) is 0 Å². The monoisotopic (exact) mass is 395 g/mol. The fourth-order valence-electron chi connectivity index (χ4n) is 2.94. The Balaban J connectivity index is 2.02. The van der Waals surface area contributed by atoms with Crippen LogP contribution in [-0.2, 0) is 25.7 Å². The first-order valence-electron chi connectivity index (χ1n) is 8.00. The lowest BCUT2D eigenvalue weighted by molar-refractivity contribution is -0.145. The molecule has 0 aliphatic heterocycles. The summed E-state index contributed by atoms with van der Waals surface area (Å²) in [7, 11) is -2.51. The predicted octanol–water partition coefficient (Wildman–Crippen LogP) is 2.74. The molecule has 6 nitrogen and oxygen atoms in total. The summed E-state index contributed by atoms with van der Waals surface area (Å²) in [4.78, 5) is 10.3. The first kappa shape index (κ1) is 20.7. The molecule has 1 aromatic carbocycles. The van der Waals surface area contributed by atoms with E-state index in [1.165, 1.54) is 11.4 Å². The molecule has 0 aromatic heterocycles. The predicted molar refractivity (Wildman–Crippen MR) is 86.0 cm³/mol. The van der Waals surface area contributed by atoms with Gasteiger partial charge in [-0.2, -0.15) is 17.5 Å². The molecule has 0 atom stereocenters. The second-order valence-corrected chi connectivity index (χ2v) is 8.18. The van der Waals surface area contributed by atoms with Gasteiger partial charge in [-0.05, 0) is 49.9 Å². The molecule has 10 heteroatoms. The number of benzene rings is 1. The van der Waals surface area contributed by atoms with E-state index >= 15 is 0 Å². The average molecular weight is 395 g/mol. The van der Waals surface area contributed by atoms with E-state index in [1.807, 2.05) is 0 Å². The summed E-state index contributed by atoms with van der Waals surface area (Å²) in [5.74, 6) is -1.06. The van der Waals surface area contributed by atoms with Crippen LogP contribution in [0.4, 0.5) is 13.2 Å². The smallest absolute Gasteiger partial charge is 0.416 e. The van der Waals surface area contributed by atoms with E-state index in [2.05, 4.69) is 0 Å². The van der Waals surface area contributed by atoms with E-state index in [-0.39, 0.29) is 17.0 Å². The van der Waals surface area contributed by atoms with E-state index in [0.29, 0.717) is 25.7 Å². The molecule has 0 unspecified atom stereocenters. The molecule has 0 saturated heterocycles. The molecule has 1 aliphatic rings. The molecule has 1 N–H and O–H groups in total. The Morgan fingerprint density at radius 3 is 2.19 bits per heavy atom. The summed E-state index contributed by atoms with van der Waals surface area (Å²) in [6, 6.07) is 3.09. The molecule has 1 aromatic rings. The van der Waals surface area contributed by atoms with Gasteiger partial charge in [0.1, 0.15) is 6.61 Å². The highest BCUT2D eigenvalue weighted by atomic mass is 32.2. The Bertz CT molecular complexity index is 725. The minimum atomic E-state index is -4.53. The highest BCUT2D eigenvalue weighted by molar-refractivity contribution is 7.89. The van der Waals surface area contributed by atoms with Crippen molar-refractivity contribution in [2.24, 2.45) is 0 Å². The van der Waals surface area contributed by atoms with Gasteiger partial charge in [-0.25, -0.2) is 13.2 Å². The number of carbonyl (C=O) groups is 1. The molecule has 1 fully saturated rings. The molecule has 26 heavy (non-hydrogen) atoms. The molecule has 146 valence electrons. The van der Waals surface area contributed by atoms with Gasteiger partial charge in [-0.15, -0.1) is 0 Å². The summed E-state index contributed by atoms with van der Waals surface area (Å²) in [5.41, 5.74) is -0.907. The lowest BCUT2D eigenvalue weighted by Crippen LogP contribution is -2.40. The van der Waals surface area contributed by atoms with Crippen LogP contribution in [0.25, 0.3) is 0 Å². The van der Waals surface area contributed by atoms with Crippen molar-refractivity contribution in [3.8, 4) is 0 Å². The lowest BCUT2D eigenvalue weighted by atomic mass is 9.93. The quantitative estimate of drug-likeness (QED) is 0.801. The fraction of sp³-hybridized carbons (Fsp3) is 0.562. The Hall–Kier alpha value is -1.65. The van der Waals surface area contributed by atoms with Crippen LogP contribution in [0.15, 0.2) is 29.2 Å². The van der Waals surface area contributed by atoms with Crippen LogP contribution in [0.3, 0.4) is 0 Å². The van der Waals surface area contributed by atoms with Gasteiger partial charge in [0, 0.05) is 13.1 Å². The Labute approximate surface area is 149 Å². The summed E-state index contributed by atoms with van der Waals surface area (Å²) in [6.45, 7) is -0.394. The largest absolute Gasteiger partial charge is 0.480 e. The Morgan fingerprint density at radius 2 is 1.73 bits per heavy atom. The SMILES string of the molecule is CN(C1CCC(OCC(=O)O)CC1)S(=O)(=O)c1ccc(C(F)(F)F)cc1. The van der Waals surface area contributed by atoms with Gasteiger partial charge >= 0.3 is 12.1 Å². The zero-order valence-corrected chi connectivity index (χ0v) is 14.9. The van der Waals surface area contributed by atoms with Crippen molar-refractivity contribution in [3.05, 3.63) is 29.8 Å². The summed E-state index contributed by atoms with van der Waals surface area (Å²) >= 11 is 0. The van der Waals surface area contributed by atoms with Crippen LogP contribution >= 0.6 is 0 Å². The average Bonchev–Trinajstić information content (AvgIpc) is 2.59. The van der Waals surface area contributed by atoms with Crippen molar-refractivity contribution in [1.29, 1.82) is 0 Å².